The van der Waals surface area contributed by atoms with Gasteiger partial charge in [-0.2, -0.15) is 28.1 Å². The Labute approximate surface area is 162 Å². The first-order chi connectivity index (χ1) is 13.4. The average molecular weight is 411 g/mol. The maximum atomic E-state index is 13.6. The first-order valence-electron chi connectivity index (χ1n) is 8.75. The Morgan fingerprint density at radius 3 is 2.36 bits per heavy atom. The van der Waals surface area contributed by atoms with Gasteiger partial charge in [0.15, 0.2) is 0 Å². The zero-order valence-corrected chi connectivity index (χ0v) is 15.2. The Bertz CT molecular complexity index is 1040. The van der Waals surface area contributed by atoms with E-state index in [1.54, 1.807) is 12.1 Å². The van der Waals surface area contributed by atoms with Crippen molar-refractivity contribution in [1.82, 2.24) is 24.5 Å². The van der Waals surface area contributed by atoms with Crippen LogP contribution >= 0.6 is 11.6 Å². The lowest BCUT2D eigenvalue weighted by atomic mass is 10.2. The maximum Gasteiger partial charge on any atom is 0.450 e. The van der Waals surface area contributed by atoms with Crippen LogP contribution in [0.25, 0.3) is 17.0 Å². The molecule has 2 aliphatic heterocycles. The molecule has 2 aliphatic rings. The predicted molar refractivity (Wildman–Crippen MR) is 94.6 cm³/mol. The molecule has 2 atom stereocenters. The van der Waals surface area contributed by atoms with Gasteiger partial charge in [-0.3, -0.25) is 4.57 Å². The van der Waals surface area contributed by atoms with Crippen molar-refractivity contribution in [1.29, 1.82) is 0 Å². The molecule has 2 saturated heterocycles. The highest BCUT2D eigenvalue weighted by atomic mass is 35.5. The van der Waals surface area contributed by atoms with Crippen LogP contribution in [0.3, 0.4) is 0 Å². The second-order valence-corrected chi connectivity index (χ2v) is 7.16. The van der Waals surface area contributed by atoms with E-state index in [0.29, 0.717) is 13.1 Å². The molecule has 1 aromatic carbocycles. The minimum absolute atomic E-state index is 0.0672. The number of para-hydroxylation sites is 2. The van der Waals surface area contributed by atoms with E-state index in [4.69, 9.17) is 16.3 Å². The predicted octanol–water partition coefficient (Wildman–Crippen LogP) is 3.25. The van der Waals surface area contributed by atoms with Crippen molar-refractivity contribution in [2.75, 3.05) is 18.0 Å². The molecule has 0 N–H and O–H groups in total. The number of nitrogens with zero attached hydrogens (tertiary/aromatic N) is 6. The van der Waals surface area contributed by atoms with Gasteiger partial charge in [-0.25, -0.2) is 4.98 Å². The second-order valence-electron chi connectivity index (χ2n) is 6.82. The fourth-order valence-corrected chi connectivity index (χ4v) is 3.92. The third kappa shape index (κ3) is 2.96. The third-order valence-electron chi connectivity index (χ3n) is 4.93. The van der Waals surface area contributed by atoms with Crippen LogP contribution in [0.1, 0.15) is 18.7 Å². The van der Waals surface area contributed by atoms with Crippen molar-refractivity contribution in [3.05, 3.63) is 35.4 Å². The van der Waals surface area contributed by atoms with Crippen LogP contribution in [0.5, 0.6) is 0 Å². The monoisotopic (exact) mass is 410 g/mol. The average Bonchev–Trinajstić information content (AvgIpc) is 3.21. The summed E-state index contributed by atoms with van der Waals surface area (Å²) in [6.45, 7) is 1.13. The van der Waals surface area contributed by atoms with E-state index >= 15 is 0 Å². The molecule has 0 amide bonds. The smallest absolute Gasteiger partial charge is 0.371 e. The van der Waals surface area contributed by atoms with Crippen molar-refractivity contribution < 1.29 is 17.9 Å². The van der Waals surface area contributed by atoms with E-state index < -0.39 is 12.0 Å². The van der Waals surface area contributed by atoms with Crippen LogP contribution in [-0.2, 0) is 10.9 Å². The van der Waals surface area contributed by atoms with Gasteiger partial charge in [0, 0.05) is 13.1 Å². The Hall–Kier alpha value is -2.46. The zero-order chi connectivity index (χ0) is 19.5. The molecule has 11 heteroatoms. The molecule has 2 bridgehead atoms. The van der Waals surface area contributed by atoms with Crippen LogP contribution in [0.15, 0.2) is 24.3 Å². The van der Waals surface area contributed by atoms with Crippen molar-refractivity contribution in [2.45, 2.75) is 31.2 Å². The minimum Gasteiger partial charge on any atom is -0.371 e. The quantitative estimate of drug-likeness (QED) is 0.646. The Morgan fingerprint density at radius 1 is 0.964 bits per heavy atom. The number of aromatic nitrogens is 5. The first kappa shape index (κ1) is 17.6. The number of rotatable bonds is 2. The molecule has 0 aliphatic carbocycles. The number of imidazole rings is 1. The van der Waals surface area contributed by atoms with Gasteiger partial charge in [-0.1, -0.05) is 12.1 Å². The molecule has 2 unspecified atom stereocenters. The second kappa shape index (κ2) is 6.28. The van der Waals surface area contributed by atoms with Gasteiger partial charge in [0.05, 0.1) is 23.2 Å². The van der Waals surface area contributed by atoms with E-state index in [2.05, 4.69) is 19.9 Å². The standard InChI is InChI=1S/C17H14ClF3N6O/c18-14-23-15(26-7-9-5-6-10(8-26)28-9)25-16(24-14)27-12-4-2-1-3-11(12)22-13(27)17(19,20)21/h1-4,9-10H,5-8H2. The summed E-state index contributed by atoms with van der Waals surface area (Å²) in [4.78, 5) is 18.0. The Morgan fingerprint density at radius 2 is 1.64 bits per heavy atom. The van der Waals surface area contributed by atoms with Gasteiger partial charge < -0.3 is 9.64 Å². The van der Waals surface area contributed by atoms with Gasteiger partial charge in [-0.15, -0.1) is 0 Å². The summed E-state index contributed by atoms with van der Waals surface area (Å²) in [6.07, 6.45) is -2.67. The number of benzene rings is 1. The summed E-state index contributed by atoms with van der Waals surface area (Å²) >= 11 is 6.06. The largest absolute Gasteiger partial charge is 0.450 e. The molecule has 146 valence electrons. The molecule has 2 fully saturated rings. The third-order valence-corrected chi connectivity index (χ3v) is 5.09. The summed E-state index contributed by atoms with van der Waals surface area (Å²) in [6, 6.07) is 6.29. The number of halogens is 4. The summed E-state index contributed by atoms with van der Waals surface area (Å²) in [5.74, 6) is -1.08. The van der Waals surface area contributed by atoms with Crippen LogP contribution in [-0.4, -0.2) is 49.8 Å². The minimum atomic E-state index is -4.68. The number of hydrogen-bond donors (Lipinski definition) is 0. The number of fused-ring (bicyclic) bond motifs is 3. The Kier molecular flexibility index (Phi) is 3.95. The van der Waals surface area contributed by atoms with Crippen LogP contribution in [0, 0.1) is 0 Å². The summed E-state index contributed by atoms with van der Waals surface area (Å²) in [5.41, 5.74) is 0.433. The summed E-state index contributed by atoms with van der Waals surface area (Å²) < 4.78 is 47.5. The lowest BCUT2D eigenvalue weighted by Crippen LogP contribution is -2.43. The summed E-state index contributed by atoms with van der Waals surface area (Å²) in [7, 11) is 0. The Balaban J connectivity index is 1.65. The van der Waals surface area contributed by atoms with Gasteiger partial charge in [-0.05, 0) is 36.6 Å². The summed E-state index contributed by atoms with van der Waals surface area (Å²) in [5, 5.41) is -0.176. The first-order valence-corrected chi connectivity index (χ1v) is 9.13. The van der Waals surface area contributed by atoms with E-state index in [-0.39, 0.29) is 40.4 Å². The molecular weight excluding hydrogens is 397 g/mol. The molecule has 4 heterocycles. The fraction of sp³-hybridized carbons (Fsp3) is 0.412. The molecule has 3 aromatic rings. The molecule has 0 saturated carbocycles. The van der Waals surface area contributed by atoms with E-state index in [9.17, 15) is 13.2 Å². The number of ether oxygens (including phenoxy) is 1. The lowest BCUT2D eigenvalue weighted by molar-refractivity contribution is -0.145. The van der Waals surface area contributed by atoms with E-state index in [1.807, 2.05) is 4.90 Å². The van der Waals surface area contributed by atoms with Crippen LogP contribution in [0.4, 0.5) is 19.1 Å². The molecular formula is C17H14ClF3N6O. The lowest BCUT2D eigenvalue weighted by Gasteiger charge is -2.32. The van der Waals surface area contributed by atoms with E-state index in [0.717, 1.165) is 17.4 Å². The van der Waals surface area contributed by atoms with Gasteiger partial charge in [0.25, 0.3) is 0 Å². The maximum absolute atomic E-state index is 13.6. The highest BCUT2D eigenvalue weighted by Gasteiger charge is 2.39. The SMILES string of the molecule is FC(F)(F)c1nc2ccccc2n1-c1nc(Cl)nc(N2CC3CCC(C2)O3)n1. The van der Waals surface area contributed by atoms with Crippen LogP contribution in [0.2, 0.25) is 5.28 Å². The van der Waals surface area contributed by atoms with E-state index in [1.165, 1.54) is 12.1 Å². The highest BCUT2D eigenvalue weighted by molar-refractivity contribution is 6.28. The molecule has 0 radical (unpaired) electrons. The molecule has 7 nitrogen and oxygen atoms in total. The number of anilines is 1. The fourth-order valence-electron chi connectivity index (χ4n) is 3.77. The van der Waals surface area contributed by atoms with Gasteiger partial charge in [0.1, 0.15) is 0 Å². The van der Waals surface area contributed by atoms with Crippen molar-refractivity contribution in [2.24, 2.45) is 0 Å². The van der Waals surface area contributed by atoms with Gasteiger partial charge in [0.2, 0.25) is 23.0 Å². The molecule has 2 aromatic heterocycles. The number of alkyl halides is 3. The van der Waals surface area contributed by atoms with Crippen molar-refractivity contribution in [3.8, 4) is 5.95 Å². The number of hydrogen-bond acceptors (Lipinski definition) is 6. The van der Waals surface area contributed by atoms with Crippen molar-refractivity contribution in [3.63, 3.8) is 0 Å². The zero-order valence-electron chi connectivity index (χ0n) is 14.4. The van der Waals surface area contributed by atoms with Gasteiger partial charge >= 0.3 is 6.18 Å². The molecule has 5 rings (SSSR count). The molecule has 0 spiro atoms. The normalized spacial score (nSPS) is 22.2. The molecule has 28 heavy (non-hydrogen) atoms. The van der Waals surface area contributed by atoms with Crippen molar-refractivity contribution >= 4 is 28.6 Å². The highest BCUT2D eigenvalue weighted by Crippen LogP contribution is 2.34. The number of morpholine rings is 1. The van der Waals surface area contributed by atoms with Crippen LogP contribution < -0.4 is 4.90 Å². The topological polar surface area (TPSA) is 69.0 Å².